The molecule has 0 atom stereocenters. The minimum Gasteiger partial charge on any atom is -0.456 e. The molecule has 0 N–H and O–H groups in total. The Labute approximate surface area is 582 Å². The maximum absolute atomic E-state index is 6.26. The zero-order chi connectivity index (χ0) is 66.7. The van der Waals surface area contributed by atoms with E-state index in [0.29, 0.717) is 0 Å². The van der Waals surface area contributed by atoms with Crippen LogP contribution in [0.5, 0.6) is 0 Å². The molecule has 0 saturated heterocycles. The zero-order valence-corrected chi connectivity index (χ0v) is 54.7. The monoisotopic (exact) mass is 1300 g/mol. The van der Waals surface area contributed by atoms with Gasteiger partial charge in [0.05, 0.1) is 38.8 Å². The highest BCUT2D eigenvalue weighted by Gasteiger charge is 2.23. The van der Waals surface area contributed by atoms with Crippen LogP contribution < -0.4 is 0 Å². The molecule has 7 aromatic heterocycles. The number of fused-ring (bicyclic) bond motifs is 18. The molecule has 0 aliphatic rings. The molecule has 0 radical (unpaired) electrons. The average molecular weight is 1300 g/mol. The molecule has 0 aliphatic heterocycles. The summed E-state index contributed by atoms with van der Waals surface area (Å²) in [5, 5.41) is 24.3. The molecular weight excluding hydrogens is 1250 g/mol. The van der Waals surface area contributed by atoms with E-state index in [-0.39, 0.29) is 0 Å². The van der Waals surface area contributed by atoms with Crippen molar-refractivity contribution in [2.45, 2.75) is 0 Å². The summed E-state index contributed by atoms with van der Waals surface area (Å²) in [5.74, 6) is 0. The lowest BCUT2D eigenvalue weighted by Crippen LogP contribution is -2.00. The lowest BCUT2D eigenvalue weighted by atomic mass is 9.97. The summed E-state index contributed by atoms with van der Waals surface area (Å²) < 4.78 is 25.9. The van der Waals surface area contributed by atoms with Gasteiger partial charge < -0.3 is 27.0 Å². The van der Waals surface area contributed by atoms with Gasteiger partial charge in [-0.2, -0.15) is 0 Å². The van der Waals surface area contributed by atoms with Crippen molar-refractivity contribution >= 4 is 131 Å². The first-order valence-electron chi connectivity index (χ1n) is 34.6. The molecule has 8 nitrogen and oxygen atoms in total. The number of nitrogens with zero attached hydrogens (tertiary/aromatic N) is 5. The summed E-state index contributed by atoms with van der Waals surface area (Å²) in [7, 11) is 0. The molecule has 0 aliphatic carbocycles. The standard InChI is InChI=1S/C94H55N5O3/c1-7-28-82-68(22-1)75-49-56(59-37-43-91-78(52-59)71-25-4-10-31-88(71)100-91)34-40-85(75)97(82)65-19-13-16-62(46-65)74-55-81(63-17-14-20-66(47-63)98-83-29-8-2-23-69(83)76-50-57(35-41-86(76)98)60-38-44-92-79(53-60)72-26-5-11-32-89(72)101-92)95-96-94(74)64-18-15-21-67(48-64)99-84-30-9-3-24-70(84)77-51-58(36-42-87(77)99)61-39-45-93-80(54-61)73-27-6-12-33-90(73)102-93/h1-55H. The second kappa shape index (κ2) is 21.8. The van der Waals surface area contributed by atoms with E-state index in [1.165, 1.54) is 32.3 Å². The van der Waals surface area contributed by atoms with Gasteiger partial charge in [0.1, 0.15) is 39.2 Å². The van der Waals surface area contributed by atoms with E-state index >= 15 is 0 Å². The highest BCUT2D eigenvalue weighted by atomic mass is 16.3. The Morgan fingerprint density at radius 2 is 0.490 bits per heavy atom. The first-order valence-corrected chi connectivity index (χ1v) is 34.6. The summed E-state index contributed by atoms with van der Waals surface area (Å²) in [6.07, 6.45) is 0. The summed E-state index contributed by atoms with van der Waals surface area (Å²) in [5.41, 5.74) is 27.3. The van der Waals surface area contributed by atoms with Crippen LogP contribution >= 0.6 is 0 Å². The SMILES string of the molecule is c1cc(-c2cc(-c3cccc(-n4c5ccccc5c5cc(-c6ccc7oc8ccccc8c7c6)ccc54)c3)c(-c3cccc(-n4c5ccccc5c5cc(-c6ccc7oc8ccccc8c7c6)ccc54)c3)nn2)cc(-n2c3ccccc3c3cc(-c4ccc5oc6ccccc6c5c4)ccc32)c1. The van der Waals surface area contributed by atoms with Crippen LogP contribution in [0.2, 0.25) is 0 Å². The second-order valence-electron chi connectivity index (χ2n) is 26.8. The lowest BCUT2D eigenvalue weighted by molar-refractivity contribution is 0.668. The predicted octanol–water partition coefficient (Wildman–Crippen LogP) is 25.5. The first kappa shape index (κ1) is 56.2. The highest BCUT2D eigenvalue weighted by Crippen LogP contribution is 2.44. The van der Waals surface area contributed by atoms with E-state index in [2.05, 4.69) is 311 Å². The third-order valence-corrected chi connectivity index (χ3v) is 21.1. The van der Waals surface area contributed by atoms with E-state index in [0.717, 1.165) is 183 Å². The van der Waals surface area contributed by atoms with E-state index in [4.69, 9.17) is 23.4 Å². The van der Waals surface area contributed by atoms with Gasteiger partial charge in [-0.25, -0.2) is 0 Å². The smallest absolute Gasteiger partial charge is 0.135 e. The van der Waals surface area contributed by atoms with Crippen molar-refractivity contribution in [1.82, 2.24) is 23.9 Å². The van der Waals surface area contributed by atoms with Crippen molar-refractivity contribution < 1.29 is 13.3 Å². The van der Waals surface area contributed by atoms with E-state index in [1.54, 1.807) is 0 Å². The van der Waals surface area contributed by atoms with Crippen molar-refractivity contribution in [3.8, 4) is 84.1 Å². The highest BCUT2D eigenvalue weighted by molar-refractivity contribution is 6.15. The van der Waals surface area contributed by atoms with Gasteiger partial charge in [0.2, 0.25) is 0 Å². The van der Waals surface area contributed by atoms with Gasteiger partial charge in [-0.3, -0.25) is 0 Å². The van der Waals surface area contributed by atoms with Crippen LogP contribution in [0.3, 0.4) is 0 Å². The summed E-state index contributed by atoms with van der Waals surface area (Å²) in [4.78, 5) is 0. The topological polar surface area (TPSA) is 80.0 Å². The number of rotatable bonds is 9. The van der Waals surface area contributed by atoms with Crippen LogP contribution in [0.25, 0.3) is 215 Å². The molecule has 0 saturated carbocycles. The molecule has 0 fully saturated rings. The van der Waals surface area contributed by atoms with Crippen molar-refractivity contribution in [2.24, 2.45) is 0 Å². The molecule has 0 bridgehead atoms. The Kier molecular flexibility index (Phi) is 12.0. The van der Waals surface area contributed by atoms with E-state index in [1.807, 2.05) is 36.4 Å². The van der Waals surface area contributed by atoms with Crippen LogP contribution in [-0.4, -0.2) is 23.9 Å². The molecule has 0 amide bonds. The largest absolute Gasteiger partial charge is 0.456 e. The minimum atomic E-state index is 0.756. The molecule has 474 valence electrons. The fourth-order valence-corrected chi connectivity index (χ4v) is 16.4. The Morgan fingerprint density at radius 1 is 0.186 bits per heavy atom. The maximum Gasteiger partial charge on any atom is 0.135 e. The minimum absolute atomic E-state index is 0.756. The number of benzene rings is 15. The lowest BCUT2D eigenvalue weighted by Gasteiger charge is -2.15. The van der Waals surface area contributed by atoms with Crippen molar-refractivity contribution in [2.75, 3.05) is 0 Å². The van der Waals surface area contributed by atoms with Crippen LogP contribution in [0, 0.1) is 0 Å². The van der Waals surface area contributed by atoms with Gasteiger partial charge >= 0.3 is 0 Å². The normalized spacial score (nSPS) is 12.1. The number of furan rings is 3. The Hall–Kier alpha value is -13.8. The molecule has 15 aromatic carbocycles. The summed E-state index contributed by atoms with van der Waals surface area (Å²) >= 11 is 0. The number of aromatic nitrogens is 5. The number of hydrogen-bond donors (Lipinski definition) is 0. The molecule has 102 heavy (non-hydrogen) atoms. The molecule has 0 spiro atoms. The molecule has 22 aromatic rings. The maximum atomic E-state index is 6.26. The Morgan fingerprint density at radius 3 is 0.902 bits per heavy atom. The third kappa shape index (κ3) is 8.63. The van der Waals surface area contributed by atoms with Crippen molar-refractivity contribution in [3.05, 3.63) is 334 Å². The van der Waals surface area contributed by atoms with Crippen molar-refractivity contribution in [3.63, 3.8) is 0 Å². The predicted molar refractivity (Wildman–Crippen MR) is 419 cm³/mol. The van der Waals surface area contributed by atoms with Gasteiger partial charge in [0.15, 0.2) is 0 Å². The van der Waals surface area contributed by atoms with Gasteiger partial charge in [0, 0.05) is 98.4 Å². The molecule has 0 unspecified atom stereocenters. The zero-order valence-electron chi connectivity index (χ0n) is 54.7. The van der Waals surface area contributed by atoms with Gasteiger partial charge in [-0.1, -0.05) is 182 Å². The molecule has 7 heterocycles. The van der Waals surface area contributed by atoms with E-state index < -0.39 is 0 Å². The van der Waals surface area contributed by atoms with Crippen LogP contribution in [0.15, 0.2) is 347 Å². The number of para-hydroxylation sites is 6. The fourth-order valence-electron chi connectivity index (χ4n) is 16.4. The average Bonchev–Trinajstić information content (AvgIpc) is 1.61. The molecular formula is C94H55N5O3. The Bertz CT molecular complexity index is 7290. The first-order chi connectivity index (χ1) is 50.5. The summed E-state index contributed by atoms with van der Waals surface area (Å²) in [6, 6.07) is 120. The van der Waals surface area contributed by atoms with Crippen LogP contribution in [0.4, 0.5) is 0 Å². The van der Waals surface area contributed by atoms with Crippen LogP contribution in [-0.2, 0) is 0 Å². The third-order valence-electron chi connectivity index (χ3n) is 21.1. The quantitative estimate of drug-likeness (QED) is 0.144. The van der Waals surface area contributed by atoms with Gasteiger partial charge in [-0.15, -0.1) is 10.2 Å². The van der Waals surface area contributed by atoms with Gasteiger partial charge in [-0.05, 0) is 191 Å². The number of hydrogen-bond acceptors (Lipinski definition) is 5. The fraction of sp³-hybridized carbons (Fsp3) is 0. The summed E-state index contributed by atoms with van der Waals surface area (Å²) in [6.45, 7) is 0. The van der Waals surface area contributed by atoms with E-state index in [9.17, 15) is 0 Å². The van der Waals surface area contributed by atoms with Gasteiger partial charge in [0.25, 0.3) is 0 Å². The Balaban J connectivity index is 0.688. The van der Waals surface area contributed by atoms with Crippen molar-refractivity contribution in [1.29, 1.82) is 0 Å². The second-order valence-corrected chi connectivity index (χ2v) is 26.8. The molecule has 8 heteroatoms. The van der Waals surface area contributed by atoms with Crippen LogP contribution in [0.1, 0.15) is 0 Å². The molecule has 22 rings (SSSR count).